The van der Waals surface area contributed by atoms with Gasteiger partial charge in [-0.3, -0.25) is 4.79 Å². The number of imidazole rings is 1. The van der Waals surface area contributed by atoms with Crippen LogP contribution in [-0.4, -0.2) is 15.5 Å². The van der Waals surface area contributed by atoms with Gasteiger partial charge >= 0.3 is 0 Å². The summed E-state index contributed by atoms with van der Waals surface area (Å²) in [7, 11) is 0. The number of primary amides is 1. The average molecular weight is 280 g/mol. The summed E-state index contributed by atoms with van der Waals surface area (Å²) in [5.74, 6) is 0.567. The maximum absolute atomic E-state index is 10.8. The Kier molecular flexibility index (Phi) is 4.10. The van der Waals surface area contributed by atoms with E-state index < -0.39 is 0 Å². The molecule has 2 aromatic rings. The number of aryl methyl sites for hydroxylation is 2. The highest BCUT2D eigenvalue weighted by molar-refractivity contribution is 6.20. The van der Waals surface area contributed by atoms with E-state index in [1.807, 2.05) is 19.1 Å². The van der Waals surface area contributed by atoms with E-state index >= 15 is 0 Å². The molecule has 0 aliphatic rings. The fourth-order valence-corrected chi connectivity index (χ4v) is 2.49. The molecule has 4 nitrogen and oxygen atoms in total. The normalized spacial score (nSPS) is 12.8. The van der Waals surface area contributed by atoms with Gasteiger partial charge in [-0.15, -0.1) is 11.6 Å². The highest BCUT2D eigenvalue weighted by Crippen LogP contribution is 2.26. The van der Waals surface area contributed by atoms with Gasteiger partial charge in [-0.1, -0.05) is 12.1 Å². The molecule has 0 aliphatic heterocycles. The third kappa shape index (κ3) is 2.89. The van der Waals surface area contributed by atoms with Gasteiger partial charge in [0.1, 0.15) is 5.82 Å². The number of halogens is 1. The highest BCUT2D eigenvalue weighted by atomic mass is 35.5. The lowest BCUT2D eigenvalue weighted by atomic mass is 10.2. The van der Waals surface area contributed by atoms with Crippen LogP contribution in [0.4, 0.5) is 0 Å². The minimum absolute atomic E-state index is 0.166. The summed E-state index contributed by atoms with van der Waals surface area (Å²) in [5, 5.41) is -0.166. The molecule has 0 spiro atoms. The first-order valence-electron chi connectivity index (χ1n) is 6.39. The SMILES string of the molecule is Cc1cccc2nc(C(C)Cl)n(CCCC(N)=O)c12. The molecular weight excluding hydrogens is 262 g/mol. The van der Waals surface area contributed by atoms with E-state index in [4.69, 9.17) is 17.3 Å². The Bertz CT molecular complexity index is 604. The van der Waals surface area contributed by atoms with Gasteiger partial charge in [-0.05, 0) is 31.9 Å². The van der Waals surface area contributed by atoms with Crippen LogP contribution in [-0.2, 0) is 11.3 Å². The predicted octanol–water partition coefficient (Wildman–Crippen LogP) is 2.91. The second kappa shape index (κ2) is 5.61. The molecular formula is C14H18ClN3O. The van der Waals surface area contributed by atoms with Crippen molar-refractivity contribution in [3.8, 4) is 0 Å². The maximum atomic E-state index is 10.8. The Labute approximate surface area is 117 Å². The van der Waals surface area contributed by atoms with Gasteiger partial charge in [0.2, 0.25) is 5.91 Å². The van der Waals surface area contributed by atoms with Crippen LogP contribution >= 0.6 is 11.6 Å². The average Bonchev–Trinajstić information content (AvgIpc) is 2.69. The lowest BCUT2D eigenvalue weighted by Crippen LogP contribution is -2.12. The maximum Gasteiger partial charge on any atom is 0.217 e. The largest absolute Gasteiger partial charge is 0.370 e. The second-order valence-electron chi connectivity index (χ2n) is 4.75. The minimum atomic E-state index is -0.276. The van der Waals surface area contributed by atoms with Crippen LogP contribution in [0, 0.1) is 6.92 Å². The number of carbonyl (C=O) groups excluding carboxylic acids is 1. The van der Waals surface area contributed by atoms with Gasteiger partial charge in [0.25, 0.3) is 0 Å². The van der Waals surface area contributed by atoms with Crippen molar-refractivity contribution in [3.63, 3.8) is 0 Å². The standard InChI is InChI=1S/C14H18ClN3O/c1-9-5-3-6-11-13(9)18(8-4-7-12(16)19)14(17-11)10(2)15/h3,5-6,10H,4,7-8H2,1-2H3,(H2,16,19). The number of amides is 1. The number of alkyl halides is 1. The van der Waals surface area contributed by atoms with Crippen molar-refractivity contribution in [1.82, 2.24) is 9.55 Å². The molecule has 1 atom stereocenters. The van der Waals surface area contributed by atoms with E-state index in [0.717, 1.165) is 22.4 Å². The lowest BCUT2D eigenvalue weighted by Gasteiger charge is -2.11. The number of para-hydroxylation sites is 1. The molecule has 0 radical (unpaired) electrons. The van der Waals surface area contributed by atoms with E-state index in [0.29, 0.717) is 19.4 Å². The molecule has 0 bridgehead atoms. The van der Waals surface area contributed by atoms with Crippen LogP contribution in [0.25, 0.3) is 11.0 Å². The van der Waals surface area contributed by atoms with E-state index in [-0.39, 0.29) is 11.3 Å². The number of hydrogen-bond donors (Lipinski definition) is 1. The Hall–Kier alpha value is -1.55. The van der Waals surface area contributed by atoms with Gasteiger partial charge in [0.15, 0.2) is 0 Å². The monoisotopic (exact) mass is 279 g/mol. The first-order chi connectivity index (χ1) is 9.00. The molecule has 1 aromatic heterocycles. The summed E-state index contributed by atoms with van der Waals surface area (Å²) in [6.07, 6.45) is 1.08. The molecule has 19 heavy (non-hydrogen) atoms. The van der Waals surface area contributed by atoms with E-state index in [1.54, 1.807) is 0 Å². The lowest BCUT2D eigenvalue weighted by molar-refractivity contribution is -0.118. The smallest absolute Gasteiger partial charge is 0.217 e. The molecule has 2 rings (SSSR count). The van der Waals surface area contributed by atoms with Gasteiger partial charge in [0.05, 0.1) is 16.4 Å². The molecule has 1 amide bonds. The van der Waals surface area contributed by atoms with Crippen molar-refractivity contribution in [2.24, 2.45) is 5.73 Å². The highest BCUT2D eigenvalue weighted by Gasteiger charge is 2.15. The Balaban J connectivity index is 2.42. The zero-order chi connectivity index (χ0) is 14.0. The molecule has 0 saturated carbocycles. The van der Waals surface area contributed by atoms with Crippen molar-refractivity contribution in [2.45, 2.75) is 38.6 Å². The summed E-state index contributed by atoms with van der Waals surface area (Å²) in [4.78, 5) is 15.4. The number of hydrogen-bond acceptors (Lipinski definition) is 2. The molecule has 0 aliphatic carbocycles. The fourth-order valence-electron chi connectivity index (χ4n) is 2.32. The van der Waals surface area contributed by atoms with Gasteiger partial charge in [0, 0.05) is 13.0 Å². The summed E-state index contributed by atoms with van der Waals surface area (Å²) in [6.45, 7) is 4.66. The third-order valence-corrected chi connectivity index (χ3v) is 3.35. The van der Waals surface area contributed by atoms with Crippen LogP contribution in [0.3, 0.4) is 0 Å². The molecule has 2 N–H and O–H groups in total. The van der Waals surface area contributed by atoms with Crippen LogP contribution in [0.1, 0.15) is 36.5 Å². The van der Waals surface area contributed by atoms with Crippen LogP contribution in [0.2, 0.25) is 0 Å². The Morgan fingerprint density at radius 3 is 2.89 bits per heavy atom. The molecule has 5 heteroatoms. The van der Waals surface area contributed by atoms with E-state index in [2.05, 4.69) is 22.5 Å². The van der Waals surface area contributed by atoms with Crippen LogP contribution in [0.5, 0.6) is 0 Å². The molecule has 1 heterocycles. The number of rotatable bonds is 5. The number of benzene rings is 1. The Morgan fingerprint density at radius 2 is 2.26 bits per heavy atom. The first-order valence-corrected chi connectivity index (χ1v) is 6.82. The van der Waals surface area contributed by atoms with Crippen LogP contribution < -0.4 is 5.73 Å². The molecule has 0 saturated heterocycles. The van der Waals surface area contributed by atoms with E-state index in [1.165, 1.54) is 0 Å². The number of aromatic nitrogens is 2. The Morgan fingerprint density at radius 1 is 1.53 bits per heavy atom. The number of nitrogens with zero attached hydrogens (tertiary/aromatic N) is 2. The van der Waals surface area contributed by atoms with Gasteiger partial charge in [-0.2, -0.15) is 0 Å². The quantitative estimate of drug-likeness (QED) is 0.856. The number of carbonyl (C=O) groups is 1. The van der Waals surface area contributed by atoms with Gasteiger partial charge in [-0.25, -0.2) is 4.98 Å². The number of fused-ring (bicyclic) bond motifs is 1. The molecule has 0 fully saturated rings. The molecule has 1 unspecified atom stereocenters. The second-order valence-corrected chi connectivity index (χ2v) is 5.40. The first kappa shape index (κ1) is 13.9. The molecule has 102 valence electrons. The van der Waals surface area contributed by atoms with Crippen LogP contribution in [0.15, 0.2) is 18.2 Å². The van der Waals surface area contributed by atoms with Crippen molar-refractivity contribution in [2.75, 3.05) is 0 Å². The van der Waals surface area contributed by atoms with Crippen molar-refractivity contribution < 1.29 is 4.79 Å². The van der Waals surface area contributed by atoms with Gasteiger partial charge < -0.3 is 10.3 Å². The fraction of sp³-hybridized carbons (Fsp3) is 0.429. The zero-order valence-corrected chi connectivity index (χ0v) is 11.9. The predicted molar refractivity (Wildman–Crippen MR) is 77.2 cm³/mol. The minimum Gasteiger partial charge on any atom is -0.370 e. The number of nitrogens with two attached hydrogens (primary N) is 1. The molecule has 1 aromatic carbocycles. The van der Waals surface area contributed by atoms with Crippen molar-refractivity contribution >= 4 is 28.5 Å². The summed E-state index contributed by atoms with van der Waals surface area (Å²) < 4.78 is 2.10. The summed E-state index contributed by atoms with van der Waals surface area (Å²) in [6, 6.07) is 6.02. The topological polar surface area (TPSA) is 60.9 Å². The summed E-state index contributed by atoms with van der Waals surface area (Å²) in [5.41, 5.74) is 8.38. The van der Waals surface area contributed by atoms with Crippen molar-refractivity contribution in [3.05, 3.63) is 29.6 Å². The zero-order valence-electron chi connectivity index (χ0n) is 11.2. The van der Waals surface area contributed by atoms with Crippen molar-refractivity contribution in [1.29, 1.82) is 0 Å². The third-order valence-electron chi connectivity index (χ3n) is 3.16. The summed E-state index contributed by atoms with van der Waals surface area (Å²) >= 11 is 6.20. The van der Waals surface area contributed by atoms with E-state index in [9.17, 15) is 4.79 Å².